The maximum absolute atomic E-state index is 11.8. The molecule has 0 bridgehead atoms. The highest BCUT2D eigenvalue weighted by atomic mass is 16.5. The summed E-state index contributed by atoms with van der Waals surface area (Å²) in [5, 5.41) is 6.01. The van der Waals surface area contributed by atoms with Gasteiger partial charge in [0.25, 0.3) is 0 Å². The monoisotopic (exact) mass is 264 g/mol. The number of hydrogen-bond acceptors (Lipinski definition) is 3. The van der Waals surface area contributed by atoms with Crippen LogP contribution in [0.1, 0.15) is 29.5 Å². The molecule has 0 aliphatic rings. The van der Waals surface area contributed by atoms with Crippen molar-refractivity contribution >= 4 is 11.6 Å². The summed E-state index contributed by atoms with van der Waals surface area (Å²) in [6, 6.07) is 1.97. The van der Waals surface area contributed by atoms with Gasteiger partial charge in [-0.25, -0.2) is 0 Å². The molecular formula is C15H24N2O2. The number of amides is 1. The first-order valence-corrected chi connectivity index (χ1v) is 6.60. The molecule has 0 aliphatic carbocycles. The summed E-state index contributed by atoms with van der Waals surface area (Å²) < 4.78 is 5.38. The molecule has 0 fully saturated rings. The second-order valence-electron chi connectivity index (χ2n) is 4.78. The van der Waals surface area contributed by atoms with Gasteiger partial charge in [-0.1, -0.05) is 0 Å². The molecule has 1 aromatic carbocycles. The van der Waals surface area contributed by atoms with E-state index in [4.69, 9.17) is 4.74 Å². The van der Waals surface area contributed by atoms with Crippen LogP contribution in [0.3, 0.4) is 0 Å². The number of aryl methyl sites for hydroxylation is 1. The van der Waals surface area contributed by atoms with Crippen LogP contribution in [0, 0.1) is 20.8 Å². The highest BCUT2D eigenvalue weighted by Crippen LogP contribution is 2.31. The number of rotatable bonds is 6. The van der Waals surface area contributed by atoms with E-state index >= 15 is 0 Å². The number of anilines is 1. The molecule has 2 N–H and O–H groups in total. The minimum atomic E-state index is 0.0577. The molecule has 0 radical (unpaired) electrons. The molecule has 0 aliphatic heterocycles. The first-order valence-electron chi connectivity index (χ1n) is 6.60. The third-order valence-electron chi connectivity index (χ3n) is 3.33. The molecule has 0 heterocycles. The van der Waals surface area contributed by atoms with Gasteiger partial charge in [0.05, 0.1) is 7.11 Å². The molecule has 1 rings (SSSR count). The Labute approximate surface area is 115 Å². The molecule has 0 spiro atoms. The summed E-state index contributed by atoms with van der Waals surface area (Å²) >= 11 is 0. The Kier molecular flexibility index (Phi) is 5.83. The summed E-state index contributed by atoms with van der Waals surface area (Å²) in [5.74, 6) is 0.952. The van der Waals surface area contributed by atoms with Crippen LogP contribution < -0.4 is 15.4 Å². The third kappa shape index (κ3) is 3.96. The molecule has 0 aromatic heterocycles. The van der Waals surface area contributed by atoms with Crippen LogP contribution in [0.15, 0.2) is 6.07 Å². The van der Waals surface area contributed by atoms with Crippen molar-refractivity contribution in [2.75, 3.05) is 26.0 Å². The van der Waals surface area contributed by atoms with E-state index in [1.54, 1.807) is 7.11 Å². The zero-order valence-corrected chi connectivity index (χ0v) is 12.5. The molecule has 19 heavy (non-hydrogen) atoms. The van der Waals surface area contributed by atoms with Gasteiger partial charge < -0.3 is 15.4 Å². The Bertz CT molecular complexity index is 456. The lowest BCUT2D eigenvalue weighted by Gasteiger charge is -2.16. The van der Waals surface area contributed by atoms with Gasteiger partial charge in [0.15, 0.2) is 0 Å². The lowest BCUT2D eigenvalue weighted by molar-refractivity contribution is -0.116. The predicted molar refractivity (Wildman–Crippen MR) is 79.0 cm³/mol. The number of hydrogen-bond donors (Lipinski definition) is 2. The van der Waals surface area contributed by atoms with Gasteiger partial charge in [-0.2, -0.15) is 0 Å². The lowest BCUT2D eigenvalue weighted by atomic mass is 10.0. The van der Waals surface area contributed by atoms with Crippen LogP contribution in [0.5, 0.6) is 5.75 Å². The fraction of sp³-hybridized carbons (Fsp3) is 0.533. The molecule has 1 amide bonds. The summed E-state index contributed by atoms with van der Waals surface area (Å²) in [6.45, 7) is 6.85. The normalized spacial score (nSPS) is 10.4. The second-order valence-corrected chi connectivity index (χ2v) is 4.78. The van der Waals surface area contributed by atoms with Crippen molar-refractivity contribution in [1.29, 1.82) is 0 Å². The van der Waals surface area contributed by atoms with Gasteiger partial charge in [0.2, 0.25) is 5.91 Å². The van der Waals surface area contributed by atoms with Crippen LogP contribution in [-0.2, 0) is 4.79 Å². The number of methoxy groups -OCH3 is 1. The molecule has 0 saturated carbocycles. The van der Waals surface area contributed by atoms with Gasteiger partial charge in [-0.15, -0.1) is 0 Å². The quantitative estimate of drug-likeness (QED) is 0.776. The van der Waals surface area contributed by atoms with Crippen LogP contribution in [0.2, 0.25) is 0 Å². The van der Waals surface area contributed by atoms with Crippen molar-refractivity contribution in [2.24, 2.45) is 0 Å². The van der Waals surface area contributed by atoms with Gasteiger partial charge in [0, 0.05) is 12.1 Å². The minimum absolute atomic E-state index is 0.0577. The predicted octanol–water partition coefficient (Wildman–Crippen LogP) is 2.56. The molecule has 4 nitrogen and oxygen atoms in total. The van der Waals surface area contributed by atoms with Crippen molar-refractivity contribution in [2.45, 2.75) is 33.6 Å². The van der Waals surface area contributed by atoms with E-state index in [2.05, 4.69) is 10.6 Å². The van der Waals surface area contributed by atoms with Crippen molar-refractivity contribution in [1.82, 2.24) is 5.32 Å². The standard InChI is InChI=1S/C15H24N2O2/c1-10-9-13(11(2)12(3)15(10)19-5)17-14(18)7-6-8-16-4/h9,16H,6-8H2,1-5H3,(H,17,18). The van der Waals surface area contributed by atoms with E-state index < -0.39 is 0 Å². The van der Waals surface area contributed by atoms with E-state index in [1.807, 2.05) is 33.9 Å². The number of nitrogens with one attached hydrogen (secondary N) is 2. The Morgan fingerprint density at radius 2 is 1.95 bits per heavy atom. The van der Waals surface area contributed by atoms with Gasteiger partial charge >= 0.3 is 0 Å². The second kappa shape index (κ2) is 7.14. The largest absolute Gasteiger partial charge is 0.496 e. The average Bonchev–Trinajstić information content (AvgIpc) is 2.36. The van der Waals surface area contributed by atoms with Crippen molar-refractivity contribution < 1.29 is 9.53 Å². The zero-order valence-electron chi connectivity index (χ0n) is 12.5. The van der Waals surface area contributed by atoms with Crippen LogP contribution in [-0.4, -0.2) is 26.6 Å². The van der Waals surface area contributed by atoms with E-state index in [-0.39, 0.29) is 5.91 Å². The summed E-state index contributed by atoms with van der Waals surface area (Å²) in [4.78, 5) is 11.8. The topological polar surface area (TPSA) is 50.4 Å². The maximum atomic E-state index is 11.8. The Balaban J connectivity index is 2.82. The number of ether oxygens (including phenoxy) is 1. The summed E-state index contributed by atoms with van der Waals surface area (Å²) in [6.07, 6.45) is 1.37. The van der Waals surface area contributed by atoms with Gasteiger partial charge in [0.1, 0.15) is 5.75 Å². The molecule has 0 saturated heterocycles. The Morgan fingerprint density at radius 1 is 1.26 bits per heavy atom. The minimum Gasteiger partial charge on any atom is -0.496 e. The molecule has 1 aromatic rings. The Morgan fingerprint density at radius 3 is 2.53 bits per heavy atom. The molecule has 0 unspecified atom stereocenters. The summed E-state index contributed by atoms with van der Waals surface area (Å²) in [5.41, 5.74) is 4.05. The Hall–Kier alpha value is -1.55. The SMILES string of the molecule is CNCCCC(=O)Nc1cc(C)c(OC)c(C)c1C. The highest BCUT2D eigenvalue weighted by molar-refractivity contribution is 5.92. The van der Waals surface area contributed by atoms with Crippen LogP contribution >= 0.6 is 0 Å². The highest BCUT2D eigenvalue weighted by Gasteiger charge is 2.12. The van der Waals surface area contributed by atoms with Crippen molar-refractivity contribution in [3.8, 4) is 5.75 Å². The van der Waals surface area contributed by atoms with Crippen LogP contribution in [0.25, 0.3) is 0 Å². The summed E-state index contributed by atoms with van der Waals surface area (Å²) in [7, 11) is 3.56. The first-order chi connectivity index (χ1) is 9.01. The average molecular weight is 264 g/mol. The third-order valence-corrected chi connectivity index (χ3v) is 3.33. The smallest absolute Gasteiger partial charge is 0.224 e. The molecular weight excluding hydrogens is 240 g/mol. The van der Waals surface area contributed by atoms with E-state index in [9.17, 15) is 4.79 Å². The first kappa shape index (κ1) is 15.5. The van der Waals surface area contributed by atoms with Crippen molar-refractivity contribution in [3.05, 3.63) is 22.8 Å². The van der Waals surface area contributed by atoms with Crippen LogP contribution in [0.4, 0.5) is 5.69 Å². The van der Waals surface area contributed by atoms with Crippen molar-refractivity contribution in [3.63, 3.8) is 0 Å². The fourth-order valence-electron chi connectivity index (χ4n) is 2.14. The lowest BCUT2D eigenvalue weighted by Crippen LogP contribution is -2.16. The van der Waals surface area contributed by atoms with E-state index in [1.165, 1.54) is 0 Å². The number of benzene rings is 1. The van der Waals surface area contributed by atoms with E-state index in [0.29, 0.717) is 6.42 Å². The number of carbonyl (C=O) groups excluding carboxylic acids is 1. The number of carbonyl (C=O) groups is 1. The fourth-order valence-corrected chi connectivity index (χ4v) is 2.14. The maximum Gasteiger partial charge on any atom is 0.224 e. The molecule has 4 heteroatoms. The molecule has 106 valence electrons. The molecule has 0 atom stereocenters. The zero-order chi connectivity index (χ0) is 14.4. The van der Waals surface area contributed by atoms with Gasteiger partial charge in [-0.05, 0) is 63.5 Å². The van der Waals surface area contributed by atoms with Gasteiger partial charge in [-0.3, -0.25) is 4.79 Å². The van der Waals surface area contributed by atoms with E-state index in [0.717, 1.165) is 41.1 Å².